The average Bonchev–Trinajstić information content (AvgIpc) is 3.26. The largest absolute Gasteiger partial charge is 0.507 e. The van der Waals surface area contributed by atoms with Gasteiger partial charge in [0, 0.05) is 51.5 Å². The predicted molar refractivity (Wildman–Crippen MR) is 164 cm³/mol. The van der Waals surface area contributed by atoms with E-state index >= 15 is 0 Å². The standard InChI is InChI=1S/C34H39N3O5/c1-24-7-4-5-8-27(24)23-42-29-15-11-26(12-16-29)32(38)30-31(25-9-13-28(14-10-25)35(2)3)37(34(40)33(30)39)18-6-17-36-19-21-41-22-20-36/h4-5,7-16,31,38H,6,17-23H2,1-3H3. The van der Waals surface area contributed by atoms with Gasteiger partial charge in [-0.25, -0.2) is 0 Å². The molecule has 1 amide bonds. The van der Waals surface area contributed by atoms with Crippen LogP contribution in [0.25, 0.3) is 5.76 Å². The Morgan fingerprint density at radius 1 is 0.952 bits per heavy atom. The van der Waals surface area contributed by atoms with Crippen LogP contribution in [0.3, 0.4) is 0 Å². The fourth-order valence-electron chi connectivity index (χ4n) is 5.50. The smallest absolute Gasteiger partial charge is 0.295 e. The number of morpholine rings is 1. The number of carbonyl (C=O) groups is 2. The number of aryl methyl sites for hydroxylation is 1. The highest BCUT2D eigenvalue weighted by Crippen LogP contribution is 2.40. The van der Waals surface area contributed by atoms with Crippen molar-refractivity contribution in [2.45, 2.75) is 26.0 Å². The lowest BCUT2D eigenvalue weighted by Gasteiger charge is -2.29. The van der Waals surface area contributed by atoms with Crippen LogP contribution in [0.1, 0.15) is 34.7 Å². The van der Waals surface area contributed by atoms with Crippen LogP contribution >= 0.6 is 0 Å². The number of benzene rings is 3. The summed E-state index contributed by atoms with van der Waals surface area (Å²) in [6.07, 6.45) is 0.715. The van der Waals surface area contributed by atoms with E-state index in [9.17, 15) is 14.7 Å². The number of likely N-dealkylation sites (tertiary alicyclic amines) is 1. The summed E-state index contributed by atoms with van der Waals surface area (Å²) < 4.78 is 11.4. The highest BCUT2D eigenvalue weighted by Gasteiger charge is 2.45. The number of ether oxygens (including phenoxy) is 2. The molecule has 2 saturated heterocycles. The van der Waals surface area contributed by atoms with Crippen molar-refractivity contribution in [2.24, 2.45) is 0 Å². The summed E-state index contributed by atoms with van der Waals surface area (Å²) in [4.78, 5) is 32.7. The molecule has 0 radical (unpaired) electrons. The van der Waals surface area contributed by atoms with Crippen molar-refractivity contribution in [3.8, 4) is 5.75 Å². The number of carbonyl (C=O) groups excluding carboxylic acids is 2. The number of aliphatic hydroxyl groups is 1. The Balaban J connectivity index is 1.40. The molecule has 8 nitrogen and oxygen atoms in total. The number of Topliss-reactive ketones (excluding diaryl/α,β-unsaturated/α-hetero) is 1. The first kappa shape index (κ1) is 29.4. The molecular weight excluding hydrogens is 530 g/mol. The van der Waals surface area contributed by atoms with Crippen molar-refractivity contribution in [3.05, 3.63) is 101 Å². The number of anilines is 1. The molecule has 5 rings (SSSR count). The molecule has 0 spiro atoms. The van der Waals surface area contributed by atoms with Crippen molar-refractivity contribution in [2.75, 3.05) is 58.4 Å². The zero-order valence-corrected chi connectivity index (χ0v) is 24.6. The van der Waals surface area contributed by atoms with Gasteiger partial charge in [0.1, 0.15) is 18.1 Å². The number of hydrogen-bond acceptors (Lipinski definition) is 7. The minimum Gasteiger partial charge on any atom is -0.507 e. The third-order valence-corrected chi connectivity index (χ3v) is 8.03. The maximum Gasteiger partial charge on any atom is 0.295 e. The van der Waals surface area contributed by atoms with E-state index in [1.165, 1.54) is 0 Å². The number of nitrogens with zero attached hydrogens (tertiary/aromatic N) is 3. The fraction of sp³-hybridized carbons (Fsp3) is 0.353. The van der Waals surface area contributed by atoms with Gasteiger partial charge < -0.3 is 24.4 Å². The fourth-order valence-corrected chi connectivity index (χ4v) is 5.50. The van der Waals surface area contributed by atoms with Crippen LogP contribution in [-0.2, 0) is 20.9 Å². The van der Waals surface area contributed by atoms with Crippen molar-refractivity contribution in [1.29, 1.82) is 0 Å². The van der Waals surface area contributed by atoms with Gasteiger partial charge in [0.05, 0.1) is 24.8 Å². The molecule has 2 aliphatic rings. The minimum absolute atomic E-state index is 0.109. The summed E-state index contributed by atoms with van der Waals surface area (Å²) in [6, 6.07) is 22.1. The summed E-state index contributed by atoms with van der Waals surface area (Å²) in [7, 11) is 3.92. The molecule has 1 N–H and O–H groups in total. The molecule has 42 heavy (non-hydrogen) atoms. The second-order valence-corrected chi connectivity index (χ2v) is 11.0. The molecule has 0 aromatic heterocycles. The van der Waals surface area contributed by atoms with E-state index < -0.39 is 17.7 Å². The number of hydrogen-bond donors (Lipinski definition) is 1. The van der Waals surface area contributed by atoms with Crippen LogP contribution < -0.4 is 9.64 Å². The van der Waals surface area contributed by atoms with Gasteiger partial charge >= 0.3 is 0 Å². The van der Waals surface area contributed by atoms with Gasteiger partial charge in [-0.3, -0.25) is 14.5 Å². The lowest BCUT2D eigenvalue weighted by molar-refractivity contribution is -0.140. The van der Waals surface area contributed by atoms with Crippen molar-refractivity contribution in [1.82, 2.24) is 9.80 Å². The van der Waals surface area contributed by atoms with Crippen molar-refractivity contribution in [3.63, 3.8) is 0 Å². The van der Waals surface area contributed by atoms with Crippen LogP contribution in [0, 0.1) is 6.92 Å². The highest BCUT2D eigenvalue weighted by molar-refractivity contribution is 6.46. The van der Waals surface area contributed by atoms with E-state index in [0.29, 0.717) is 44.1 Å². The van der Waals surface area contributed by atoms with Crippen molar-refractivity contribution < 1.29 is 24.2 Å². The topological polar surface area (TPSA) is 82.5 Å². The number of ketones is 1. The zero-order chi connectivity index (χ0) is 29.6. The first-order valence-corrected chi connectivity index (χ1v) is 14.5. The van der Waals surface area contributed by atoms with E-state index in [2.05, 4.69) is 4.90 Å². The highest BCUT2D eigenvalue weighted by atomic mass is 16.5. The Morgan fingerprint density at radius 2 is 1.64 bits per heavy atom. The Bertz CT molecular complexity index is 1430. The SMILES string of the molecule is Cc1ccccc1COc1ccc(C(O)=C2C(=O)C(=O)N(CCCN3CCOCC3)C2c2ccc(N(C)C)cc2)cc1. The normalized spacial score (nSPS) is 18.8. The summed E-state index contributed by atoms with van der Waals surface area (Å²) in [6.45, 7) is 6.82. The van der Waals surface area contributed by atoms with Gasteiger partial charge in [0.15, 0.2) is 0 Å². The maximum atomic E-state index is 13.4. The maximum absolute atomic E-state index is 13.4. The second kappa shape index (κ2) is 13.2. The lowest BCUT2D eigenvalue weighted by atomic mass is 9.95. The Labute approximate surface area is 247 Å². The zero-order valence-electron chi connectivity index (χ0n) is 24.6. The van der Waals surface area contributed by atoms with E-state index in [1.54, 1.807) is 29.2 Å². The molecule has 1 unspecified atom stereocenters. The van der Waals surface area contributed by atoms with Gasteiger partial charge in [-0.05, 0) is 66.4 Å². The molecule has 2 fully saturated rings. The molecule has 0 bridgehead atoms. The third kappa shape index (κ3) is 6.50. The van der Waals surface area contributed by atoms with Crippen LogP contribution in [0.2, 0.25) is 0 Å². The number of rotatable bonds is 10. The minimum atomic E-state index is -0.678. The van der Waals surface area contributed by atoms with E-state index in [0.717, 1.165) is 42.0 Å². The quantitative estimate of drug-likeness (QED) is 0.214. The van der Waals surface area contributed by atoms with E-state index in [4.69, 9.17) is 9.47 Å². The van der Waals surface area contributed by atoms with Crippen LogP contribution in [0.5, 0.6) is 5.75 Å². The lowest BCUT2D eigenvalue weighted by Crippen LogP contribution is -2.38. The monoisotopic (exact) mass is 569 g/mol. The van der Waals surface area contributed by atoms with Gasteiger partial charge in [-0.2, -0.15) is 0 Å². The number of amides is 1. The molecule has 0 saturated carbocycles. The summed E-state index contributed by atoms with van der Waals surface area (Å²) >= 11 is 0. The van der Waals surface area contributed by atoms with Crippen LogP contribution in [0.15, 0.2) is 78.4 Å². The first-order chi connectivity index (χ1) is 20.3. The molecule has 3 aromatic rings. The third-order valence-electron chi connectivity index (χ3n) is 8.03. The molecule has 8 heteroatoms. The molecule has 2 heterocycles. The molecular formula is C34H39N3O5. The summed E-state index contributed by atoms with van der Waals surface area (Å²) in [5, 5.41) is 11.5. The Kier molecular flexibility index (Phi) is 9.25. The van der Waals surface area contributed by atoms with Gasteiger partial charge in [-0.1, -0.05) is 36.4 Å². The summed E-state index contributed by atoms with van der Waals surface area (Å²) in [5.74, 6) is -0.788. The van der Waals surface area contributed by atoms with Gasteiger partial charge in [0.2, 0.25) is 0 Å². The Morgan fingerprint density at radius 3 is 2.31 bits per heavy atom. The molecule has 1 atom stereocenters. The van der Waals surface area contributed by atoms with Gasteiger partial charge in [0.25, 0.3) is 11.7 Å². The molecule has 0 aliphatic carbocycles. The molecule has 2 aliphatic heterocycles. The van der Waals surface area contributed by atoms with Crippen LogP contribution in [-0.4, -0.2) is 80.1 Å². The molecule has 3 aromatic carbocycles. The summed E-state index contributed by atoms with van der Waals surface area (Å²) in [5.41, 5.74) is 4.60. The number of aliphatic hydroxyl groups excluding tert-OH is 1. The van der Waals surface area contributed by atoms with E-state index in [1.807, 2.05) is 74.4 Å². The van der Waals surface area contributed by atoms with Crippen molar-refractivity contribution >= 4 is 23.1 Å². The average molecular weight is 570 g/mol. The molecule has 220 valence electrons. The second-order valence-electron chi connectivity index (χ2n) is 11.0. The van der Waals surface area contributed by atoms with Crippen LogP contribution in [0.4, 0.5) is 5.69 Å². The Hall–Kier alpha value is -4.14. The first-order valence-electron chi connectivity index (χ1n) is 14.5. The van der Waals surface area contributed by atoms with E-state index in [-0.39, 0.29) is 11.3 Å². The predicted octanol–water partition coefficient (Wildman–Crippen LogP) is 4.78. The van der Waals surface area contributed by atoms with Gasteiger partial charge in [-0.15, -0.1) is 0 Å².